The number of aliphatic hydroxyl groups is 1. The number of hydrogen-bond donors (Lipinski definition) is 2. The number of amidine groups is 1. The summed E-state index contributed by atoms with van der Waals surface area (Å²) in [5.41, 5.74) is 0. The summed E-state index contributed by atoms with van der Waals surface area (Å²) in [6.07, 6.45) is -0.533. The van der Waals surface area contributed by atoms with Crippen molar-refractivity contribution in [2.75, 3.05) is 27.2 Å². The third kappa shape index (κ3) is 2.83. The van der Waals surface area contributed by atoms with Gasteiger partial charge in [0.1, 0.15) is 0 Å². The first-order valence-electron chi connectivity index (χ1n) is 7.43. The first-order valence-corrected chi connectivity index (χ1v) is 7.43. The fraction of sp³-hybridized carbons (Fsp3) is 0.714. The molecule has 0 spiro atoms. The highest BCUT2D eigenvalue weighted by Gasteiger charge is 2.51. The van der Waals surface area contributed by atoms with Crippen molar-refractivity contribution in [3.05, 3.63) is 0 Å². The number of nitrogens with one attached hydrogen (secondary N) is 1. The van der Waals surface area contributed by atoms with Crippen LogP contribution in [-0.2, 0) is 4.79 Å². The number of urea groups is 1. The van der Waals surface area contributed by atoms with Crippen molar-refractivity contribution in [2.45, 2.75) is 32.9 Å². The van der Waals surface area contributed by atoms with Crippen LogP contribution in [0.2, 0.25) is 0 Å². The highest BCUT2D eigenvalue weighted by molar-refractivity contribution is 6.22. The van der Waals surface area contributed by atoms with Crippen LogP contribution in [0, 0.1) is 5.92 Å². The molecule has 0 aromatic carbocycles. The van der Waals surface area contributed by atoms with E-state index in [1.807, 2.05) is 4.58 Å². The summed E-state index contributed by atoms with van der Waals surface area (Å²) in [5.74, 6) is 0.995. The van der Waals surface area contributed by atoms with Crippen LogP contribution in [0.4, 0.5) is 4.79 Å². The van der Waals surface area contributed by atoms with Crippen LogP contribution in [0.15, 0.2) is 4.99 Å². The molecule has 2 heterocycles. The molecule has 22 heavy (non-hydrogen) atoms. The van der Waals surface area contributed by atoms with Crippen molar-refractivity contribution in [2.24, 2.45) is 10.9 Å². The number of guanidine groups is 1. The minimum atomic E-state index is -0.591. The number of aliphatic imine (C=N–C) groups is 1. The number of carbonyl (C=O) groups is 2. The molecule has 1 fully saturated rings. The summed E-state index contributed by atoms with van der Waals surface area (Å²) in [7, 11) is 3.09. The van der Waals surface area contributed by atoms with Gasteiger partial charge in [0.2, 0.25) is 11.9 Å². The molecule has 0 aromatic heterocycles. The molecule has 3 amide bonds. The van der Waals surface area contributed by atoms with Crippen molar-refractivity contribution in [3.8, 4) is 0 Å². The SMILES string of the molecule is CC(C)C[N+]1=C(NCC(C)O)N=C2C1C(=O)N(C)C(=O)N2C. The first-order chi connectivity index (χ1) is 10.2. The molecule has 8 nitrogen and oxygen atoms in total. The van der Waals surface area contributed by atoms with Gasteiger partial charge in [0.15, 0.2) is 0 Å². The summed E-state index contributed by atoms with van der Waals surface area (Å²) in [6.45, 7) is 6.73. The number of carbonyl (C=O) groups excluding carboxylic acids is 2. The van der Waals surface area contributed by atoms with E-state index in [4.69, 9.17) is 0 Å². The number of imide groups is 1. The van der Waals surface area contributed by atoms with Gasteiger partial charge in [-0.25, -0.2) is 9.37 Å². The second-order valence-corrected chi connectivity index (χ2v) is 6.21. The van der Waals surface area contributed by atoms with Gasteiger partial charge in [0.25, 0.3) is 5.91 Å². The first kappa shape index (κ1) is 16.4. The molecular weight excluding hydrogens is 286 g/mol. The Kier molecular flexibility index (Phi) is 4.50. The van der Waals surface area contributed by atoms with Crippen molar-refractivity contribution >= 4 is 23.7 Å². The van der Waals surface area contributed by atoms with Gasteiger partial charge in [0, 0.05) is 14.1 Å². The zero-order valence-electron chi connectivity index (χ0n) is 13.7. The zero-order chi connectivity index (χ0) is 16.6. The number of nitrogens with zero attached hydrogens (tertiary/aromatic N) is 4. The van der Waals surface area contributed by atoms with Gasteiger partial charge in [-0.1, -0.05) is 18.8 Å². The maximum absolute atomic E-state index is 12.5. The highest BCUT2D eigenvalue weighted by Crippen LogP contribution is 2.19. The number of aliphatic hydroxyl groups excluding tert-OH is 1. The van der Waals surface area contributed by atoms with Gasteiger partial charge in [-0.05, 0) is 12.8 Å². The van der Waals surface area contributed by atoms with E-state index in [0.29, 0.717) is 30.8 Å². The second-order valence-electron chi connectivity index (χ2n) is 6.21. The summed E-state index contributed by atoms with van der Waals surface area (Å²) < 4.78 is 1.87. The van der Waals surface area contributed by atoms with E-state index in [2.05, 4.69) is 24.2 Å². The monoisotopic (exact) mass is 310 g/mol. The minimum Gasteiger partial charge on any atom is -0.390 e. The molecule has 2 aliphatic heterocycles. The molecule has 1 saturated heterocycles. The Morgan fingerprint density at radius 1 is 1.27 bits per heavy atom. The molecule has 0 saturated carbocycles. The number of rotatable bonds is 4. The van der Waals surface area contributed by atoms with Crippen LogP contribution in [0.5, 0.6) is 0 Å². The Balaban J connectivity index is 2.38. The van der Waals surface area contributed by atoms with Crippen LogP contribution in [0.25, 0.3) is 0 Å². The quantitative estimate of drug-likeness (QED) is 0.671. The van der Waals surface area contributed by atoms with E-state index in [1.165, 1.54) is 11.9 Å². The van der Waals surface area contributed by atoms with Crippen molar-refractivity contribution in [1.82, 2.24) is 15.1 Å². The van der Waals surface area contributed by atoms with Crippen LogP contribution >= 0.6 is 0 Å². The molecule has 0 aromatic rings. The fourth-order valence-corrected chi connectivity index (χ4v) is 2.56. The molecule has 8 heteroatoms. The average Bonchev–Trinajstić information content (AvgIpc) is 2.78. The molecule has 0 aliphatic carbocycles. The van der Waals surface area contributed by atoms with Gasteiger partial charge in [0.05, 0.1) is 19.2 Å². The van der Waals surface area contributed by atoms with Crippen molar-refractivity contribution in [3.63, 3.8) is 0 Å². The van der Waals surface area contributed by atoms with E-state index in [0.717, 1.165) is 4.90 Å². The normalized spacial score (nSPS) is 23.2. The minimum absolute atomic E-state index is 0.281. The highest BCUT2D eigenvalue weighted by atomic mass is 16.3. The van der Waals surface area contributed by atoms with Crippen molar-refractivity contribution < 1.29 is 19.3 Å². The molecular formula is C14H24N5O3+. The van der Waals surface area contributed by atoms with E-state index in [1.54, 1.807) is 14.0 Å². The second kappa shape index (κ2) is 6.04. The van der Waals surface area contributed by atoms with E-state index in [9.17, 15) is 14.7 Å². The Bertz CT molecular complexity index is 553. The fourth-order valence-electron chi connectivity index (χ4n) is 2.56. The summed E-state index contributed by atoms with van der Waals surface area (Å²) in [4.78, 5) is 31.5. The van der Waals surface area contributed by atoms with Gasteiger partial charge >= 0.3 is 12.0 Å². The number of hydrogen-bond acceptors (Lipinski definition) is 5. The van der Waals surface area contributed by atoms with E-state index < -0.39 is 12.1 Å². The van der Waals surface area contributed by atoms with Gasteiger partial charge in [-0.15, -0.1) is 0 Å². The topological polar surface area (TPSA) is 88.2 Å². The lowest BCUT2D eigenvalue weighted by atomic mass is 10.1. The molecule has 122 valence electrons. The molecule has 0 radical (unpaired) electrons. The summed E-state index contributed by atoms with van der Waals surface area (Å²) >= 11 is 0. The Morgan fingerprint density at radius 3 is 2.45 bits per heavy atom. The average molecular weight is 310 g/mol. The van der Waals surface area contributed by atoms with E-state index >= 15 is 0 Å². The van der Waals surface area contributed by atoms with Crippen LogP contribution in [0.1, 0.15) is 20.8 Å². The van der Waals surface area contributed by atoms with Gasteiger partial charge in [-0.3, -0.25) is 19.9 Å². The lowest BCUT2D eigenvalue weighted by molar-refractivity contribution is -0.543. The zero-order valence-corrected chi connectivity index (χ0v) is 13.7. The standard InChI is InChI=1S/C14H23N5O3/c1-8(2)7-19-10-11(16-13(19)15-6-9(3)20)17(4)14(22)18(5)12(10)21/h8-10,20H,6-7H2,1-5H3/p+1. The Labute approximate surface area is 130 Å². The predicted octanol–water partition coefficient (Wildman–Crippen LogP) is -0.714. The molecule has 0 bridgehead atoms. The lowest BCUT2D eigenvalue weighted by Crippen LogP contribution is -2.61. The van der Waals surface area contributed by atoms with Crippen LogP contribution in [0.3, 0.4) is 0 Å². The predicted molar refractivity (Wildman–Crippen MR) is 81.8 cm³/mol. The smallest absolute Gasteiger partial charge is 0.390 e. The molecule has 2 unspecified atom stereocenters. The molecule has 2 atom stereocenters. The van der Waals surface area contributed by atoms with Gasteiger partial charge in [-0.2, -0.15) is 0 Å². The number of amides is 3. The Hall–Kier alpha value is -1.96. The summed E-state index contributed by atoms with van der Waals surface area (Å²) in [5, 5.41) is 12.5. The number of fused-ring (bicyclic) bond motifs is 1. The third-order valence-electron chi connectivity index (χ3n) is 3.65. The number of likely N-dealkylation sites (N-methyl/N-ethyl adjacent to an activating group) is 2. The lowest BCUT2D eigenvalue weighted by Gasteiger charge is -2.32. The largest absolute Gasteiger partial charge is 0.390 e. The molecule has 2 rings (SSSR count). The molecule has 2 N–H and O–H groups in total. The van der Waals surface area contributed by atoms with Gasteiger partial charge < -0.3 is 5.11 Å². The third-order valence-corrected chi connectivity index (χ3v) is 3.65. The van der Waals surface area contributed by atoms with E-state index in [-0.39, 0.29) is 11.9 Å². The maximum Gasteiger partial charge on any atom is 0.390 e. The van der Waals surface area contributed by atoms with Crippen molar-refractivity contribution in [1.29, 1.82) is 0 Å². The Morgan fingerprint density at radius 2 is 1.91 bits per heavy atom. The van der Waals surface area contributed by atoms with Crippen LogP contribution in [-0.4, -0.2) is 82.5 Å². The van der Waals surface area contributed by atoms with Crippen LogP contribution < -0.4 is 5.32 Å². The molecule has 2 aliphatic rings. The summed E-state index contributed by atoms with van der Waals surface area (Å²) in [6, 6.07) is -0.979. The maximum atomic E-state index is 12.5.